The molecular formula is C74H146O7. The van der Waals surface area contributed by atoms with E-state index in [0.717, 1.165) is 104 Å². The molecule has 7 heteroatoms. The zero-order valence-electron chi connectivity index (χ0n) is 55.9. The highest BCUT2D eigenvalue weighted by molar-refractivity contribution is 4.90. The van der Waals surface area contributed by atoms with Crippen molar-refractivity contribution < 1.29 is 33.2 Å². The van der Waals surface area contributed by atoms with Gasteiger partial charge in [-0.25, -0.2) is 0 Å². The monoisotopic (exact) mass is 1150 g/mol. The first-order valence-electron chi connectivity index (χ1n) is 36.8. The van der Waals surface area contributed by atoms with Gasteiger partial charge in [-0.05, 0) is 102 Å². The summed E-state index contributed by atoms with van der Waals surface area (Å²) in [4.78, 5) is 0. The van der Waals surface area contributed by atoms with Crippen LogP contribution in [-0.4, -0.2) is 64.8 Å². The molecule has 0 saturated heterocycles. The van der Waals surface area contributed by atoms with E-state index < -0.39 is 0 Å². The Morgan fingerprint density at radius 2 is 0.407 bits per heavy atom. The average molecular weight is 1150 g/mol. The molecule has 0 amide bonds. The minimum Gasteiger partial charge on any atom is -0.353 e. The molecular weight excluding hydrogens is 1000 g/mol. The Labute approximate surface area is 508 Å². The van der Waals surface area contributed by atoms with Crippen molar-refractivity contribution in [1.29, 1.82) is 0 Å². The molecule has 7 nitrogen and oxygen atoms in total. The lowest BCUT2D eigenvalue weighted by Gasteiger charge is -2.22. The maximum Gasteiger partial charge on any atom is 0.180 e. The molecule has 0 aliphatic heterocycles. The Morgan fingerprint density at radius 1 is 0.210 bits per heavy atom. The summed E-state index contributed by atoms with van der Waals surface area (Å²) in [5.41, 5.74) is 0. The zero-order valence-corrected chi connectivity index (χ0v) is 55.9. The molecule has 2 unspecified atom stereocenters. The van der Waals surface area contributed by atoms with Crippen LogP contribution in [0.3, 0.4) is 0 Å². The van der Waals surface area contributed by atoms with E-state index in [1.54, 1.807) is 0 Å². The standard InChI is InChI=1S/C74H146O7/c1-7-13-19-25-27-43-49-59-69-79-73(63-53-47-41-37-33-29-31-35-39-45-51-61-71(75-65-55-21-15-9-3)76-66-56-22-16-10-4)81-74(80-70-60-50-44-28-26-20-14-8-2)64-54-48-42-38-34-30-32-36-40-46-52-62-72(77-67-57-23-17-11-5)78-68-58-24-18-12-6/h53-54,63-64,71-74H,7-52,55-62,65-70H2,1-6H3. The number of rotatable bonds is 72. The van der Waals surface area contributed by atoms with Crippen LogP contribution < -0.4 is 0 Å². The van der Waals surface area contributed by atoms with Gasteiger partial charge in [-0.15, -0.1) is 0 Å². The maximum absolute atomic E-state index is 6.69. The molecule has 0 aromatic heterocycles. The molecule has 0 heterocycles. The van der Waals surface area contributed by atoms with Gasteiger partial charge in [0.25, 0.3) is 0 Å². The third-order valence-electron chi connectivity index (χ3n) is 16.2. The predicted molar refractivity (Wildman–Crippen MR) is 354 cm³/mol. The van der Waals surface area contributed by atoms with E-state index in [1.165, 1.54) is 283 Å². The van der Waals surface area contributed by atoms with E-state index in [-0.39, 0.29) is 25.2 Å². The molecule has 0 bridgehead atoms. The van der Waals surface area contributed by atoms with Crippen molar-refractivity contribution >= 4 is 0 Å². The Balaban J connectivity index is 5.01. The molecule has 0 fully saturated rings. The smallest absolute Gasteiger partial charge is 0.180 e. The number of ether oxygens (including phenoxy) is 7. The van der Waals surface area contributed by atoms with Gasteiger partial charge in [0.1, 0.15) is 0 Å². The number of unbranched alkanes of at least 4 members (excludes halogenated alkanes) is 44. The van der Waals surface area contributed by atoms with E-state index in [4.69, 9.17) is 33.2 Å². The third-order valence-corrected chi connectivity index (χ3v) is 16.2. The zero-order chi connectivity index (χ0) is 58.5. The first kappa shape index (κ1) is 80.2. The van der Waals surface area contributed by atoms with Gasteiger partial charge in [-0.2, -0.15) is 0 Å². The first-order chi connectivity index (χ1) is 40.1. The van der Waals surface area contributed by atoms with Gasteiger partial charge in [-0.3, -0.25) is 0 Å². The number of hydrogen-bond acceptors (Lipinski definition) is 7. The topological polar surface area (TPSA) is 64.6 Å². The number of allylic oxidation sites excluding steroid dienone is 2. The quantitative estimate of drug-likeness (QED) is 0.0342. The summed E-state index contributed by atoms with van der Waals surface area (Å²) in [6, 6.07) is 0. The second kappa shape index (κ2) is 71.7. The molecule has 0 N–H and O–H groups in total. The van der Waals surface area contributed by atoms with Crippen molar-refractivity contribution in [2.75, 3.05) is 39.6 Å². The Kier molecular flexibility index (Phi) is 71.0. The molecule has 0 aliphatic rings. The highest BCUT2D eigenvalue weighted by Crippen LogP contribution is 2.19. The molecule has 0 radical (unpaired) electrons. The van der Waals surface area contributed by atoms with Gasteiger partial charge in [0.15, 0.2) is 25.2 Å². The molecule has 484 valence electrons. The van der Waals surface area contributed by atoms with Gasteiger partial charge in [-0.1, -0.05) is 311 Å². The van der Waals surface area contributed by atoms with E-state index in [0.29, 0.717) is 0 Å². The molecule has 0 saturated carbocycles. The van der Waals surface area contributed by atoms with Crippen LogP contribution in [0.1, 0.15) is 388 Å². The van der Waals surface area contributed by atoms with Crippen LogP contribution in [0.25, 0.3) is 0 Å². The fourth-order valence-electron chi connectivity index (χ4n) is 10.7. The maximum atomic E-state index is 6.69. The van der Waals surface area contributed by atoms with Crippen molar-refractivity contribution in [2.45, 2.75) is 413 Å². The highest BCUT2D eigenvalue weighted by atomic mass is 16.8. The molecule has 2 atom stereocenters. The van der Waals surface area contributed by atoms with E-state index in [2.05, 4.69) is 65.8 Å². The lowest BCUT2D eigenvalue weighted by atomic mass is 10.1. The molecule has 0 aromatic rings. The number of hydrogen-bond donors (Lipinski definition) is 0. The minimum absolute atomic E-state index is 0.00508. The molecule has 0 aromatic carbocycles. The van der Waals surface area contributed by atoms with Crippen LogP contribution >= 0.6 is 0 Å². The fourth-order valence-corrected chi connectivity index (χ4v) is 10.7. The molecule has 0 aliphatic carbocycles. The lowest BCUT2D eigenvalue weighted by Crippen LogP contribution is -2.25. The Bertz CT molecular complexity index is 1060. The summed E-state index contributed by atoms with van der Waals surface area (Å²) in [5, 5.41) is 0. The summed E-state index contributed by atoms with van der Waals surface area (Å²) >= 11 is 0. The predicted octanol–water partition coefficient (Wildman–Crippen LogP) is 24.7. The Morgan fingerprint density at radius 3 is 0.667 bits per heavy atom. The van der Waals surface area contributed by atoms with E-state index in [1.807, 2.05) is 0 Å². The largest absolute Gasteiger partial charge is 0.353 e. The second-order valence-corrected chi connectivity index (χ2v) is 24.5. The summed E-state index contributed by atoms with van der Waals surface area (Å²) < 4.78 is 44.6. The van der Waals surface area contributed by atoms with Crippen LogP contribution in [0.15, 0.2) is 24.3 Å². The van der Waals surface area contributed by atoms with E-state index in [9.17, 15) is 0 Å². The summed E-state index contributed by atoms with van der Waals surface area (Å²) in [5.74, 6) is 0. The van der Waals surface area contributed by atoms with Crippen LogP contribution in [0.4, 0.5) is 0 Å². The van der Waals surface area contributed by atoms with Gasteiger partial charge in [0, 0.05) is 26.4 Å². The van der Waals surface area contributed by atoms with Crippen molar-refractivity contribution in [3.63, 3.8) is 0 Å². The minimum atomic E-state index is -0.378. The van der Waals surface area contributed by atoms with Crippen molar-refractivity contribution in [1.82, 2.24) is 0 Å². The van der Waals surface area contributed by atoms with Crippen LogP contribution in [0.2, 0.25) is 0 Å². The normalized spacial score (nSPS) is 12.9. The van der Waals surface area contributed by atoms with Crippen LogP contribution in [-0.2, 0) is 33.2 Å². The summed E-state index contributed by atoms with van der Waals surface area (Å²) in [7, 11) is 0. The van der Waals surface area contributed by atoms with Gasteiger partial charge in [0.05, 0.1) is 13.2 Å². The summed E-state index contributed by atoms with van der Waals surface area (Å²) in [6.07, 6.45) is 76.7. The fraction of sp³-hybridized carbons (Fsp3) is 0.946. The van der Waals surface area contributed by atoms with Crippen LogP contribution in [0.5, 0.6) is 0 Å². The van der Waals surface area contributed by atoms with Crippen LogP contribution in [0, 0.1) is 0 Å². The van der Waals surface area contributed by atoms with Crippen molar-refractivity contribution in [2.24, 2.45) is 0 Å². The third kappa shape index (κ3) is 65.0. The van der Waals surface area contributed by atoms with Gasteiger partial charge in [0.2, 0.25) is 0 Å². The lowest BCUT2D eigenvalue weighted by molar-refractivity contribution is -0.208. The van der Waals surface area contributed by atoms with Crippen molar-refractivity contribution in [3.05, 3.63) is 24.3 Å². The van der Waals surface area contributed by atoms with E-state index >= 15 is 0 Å². The van der Waals surface area contributed by atoms with Gasteiger partial charge >= 0.3 is 0 Å². The second-order valence-electron chi connectivity index (χ2n) is 24.5. The first-order valence-corrected chi connectivity index (χ1v) is 36.8. The van der Waals surface area contributed by atoms with Gasteiger partial charge < -0.3 is 33.2 Å². The van der Waals surface area contributed by atoms with Crippen molar-refractivity contribution in [3.8, 4) is 0 Å². The molecule has 0 rings (SSSR count). The Hall–Kier alpha value is -0.800. The molecule has 81 heavy (non-hydrogen) atoms. The SMILES string of the molecule is CCCCCCCCCCOC(C=CCCCCCCCCCCCC(OCCCCCC)OCCCCCC)OC(C=CCCCCCCCCCCCC(OCCCCCC)OCCCCCC)OCCCCCCCCCC. The highest BCUT2D eigenvalue weighted by Gasteiger charge is 2.15. The summed E-state index contributed by atoms with van der Waals surface area (Å²) in [6.45, 7) is 18.5. The average Bonchev–Trinajstić information content (AvgIpc) is 3.47. The molecule has 0 spiro atoms.